The number of benzene rings is 2. The lowest BCUT2D eigenvalue weighted by Crippen LogP contribution is -2.18. The Labute approximate surface area is 142 Å². The fraction of sp³-hybridized carbons (Fsp3) is 0.316. The number of amides is 1. The van der Waals surface area contributed by atoms with Crippen LogP contribution >= 0.6 is 0 Å². The molecule has 0 atom stereocenters. The third-order valence-electron chi connectivity index (χ3n) is 3.73. The summed E-state index contributed by atoms with van der Waals surface area (Å²) in [7, 11) is 0. The van der Waals surface area contributed by atoms with Crippen molar-refractivity contribution >= 4 is 17.3 Å². The molecule has 0 radical (unpaired) electrons. The summed E-state index contributed by atoms with van der Waals surface area (Å²) in [5.74, 6) is 1.35. The Morgan fingerprint density at radius 1 is 0.958 bits per heavy atom. The quantitative estimate of drug-likeness (QED) is 0.883. The van der Waals surface area contributed by atoms with E-state index in [1.165, 1.54) is 11.1 Å². The van der Waals surface area contributed by atoms with Crippen LogP contribution in [-0.4, -0.2) is 25.7 Å². The van der Waals surface area contributed by atoms with Crippen LogP contribution in [-0.2, 0) is 4.79 Å². The van der Waals surface area contributed by atoms with E-state index in [1.54, 1.807) is 6.07 Å². The summed E-state index contributed by atoms with van der Waals surface area (Å²) in [6.45, 7) is 5.80. The summed E-state index contributed by atoms with van der Waals surface area (Å²) in [5.41, 5.74) is 4.17. The monoisotopic (exact) mass is 326 g/mol. The van der Waals surface area contributed by atoms with Gasteiger partial charge < -0.3 is 20.1 Å². The molecular formula is C19H22N2O3. The molecule has 2 aromatic rings. The third-order valence-corrected chi connectivity index (χ3v) is 3.73. The summed E-state index contributed by atoms with van der Waals surface area (Å²) in [4.78, 5) is 12.1. The van der Waals surface area contributed by atoms with E-state index in [2.05, 4.69) is 42.7 Å². The van der Waals surface area contributed by atoms with Crippen LogP contribution < -0.4 is 20.1 Å². The van der Waals surface area contributed by atoms with Crippen molar-refractivity contribution < 1.29 is 14.3 Å². The van der Waals surface area contributed by atoms with Crippen LogP contribution in [0.2, 0.25) is 0 Å². The first-order valence-corrected chi connectivity index (χ1v) is 8.12. The average molecular weight is 326 g/mol. The molecule has 1 aliphatic rings. The smallest absolute Gasteiger partial charge is 0.226 e. The zero-order valence-electron chi connectivity index (χ0n) is 14.0. The van der Waals surface area contributed by atoms with Crippen LogP contribution in [0.5, 0.6) is 11.5 Å². The van der Waals surface area contributed by atoms with Gasteiger partial charge >= 0.3 is 0 Å². The van der Waals surface area contributed by atoms with Gasteiger partial charge in [0.05, 0.1) is 0 Å². The second-order valence-electron chi connectivity index (χ2n) is 5.96. The van der Waals surface area contributed by atoms with Crippen molar-refractivity contribution in [3.63, 3.8) is 0 Å². The van der Waals surface area contributed by atoms with Gasteiger partial charge in [-0.1, -0.05) is 6.07 Å². The van der Waals surface area contributed by atoms with E-state index in [0.29, 0.717) is 31.9 Å². The SMILES string of the molecule is Cc1cc(C)cc(NCCC(=O)Nc2ccc3c(c2)OCCO3)c1. The van der Waals surface area contributed by atoms with E-state index in [4.69, 9.17) is 9.47 Å². The second-order valence-corrected chi connectivity index (χ2v) is 5.96. The maximum Gasteiger partial charge on any atom is 0.226 e. The Hall–Kier alpha value is -2.69. The van der Waals surface area contributed by atoms with Gasteiger partial charge in [-0.05, 0) is 49.2 Å². The summed E-state index contributed by atoms with van der Waals surface area (Å²) >= 11 is 0. The van der Waals surface area contributed by atoms with Crippen molar-refractivity contribution in [2.45, 2.75) is 20.3 Å². The molecule has 0 aliphatic carbocycles. The standard InChI is InChI=1S/C19H22N2O3/c1-13-9-14(2)11-16(10-13)20-6-5-19(22)21-15-3-4-17-18(12-15)24-8-7-23-17/h3-4,9-12,20H,5-8H2,1-2H3,(H,21,22). The number of carbonyl (C=O) groups excluding carboxylic acids is 1. The Morgan fingerprint density at radius 2 is 1.67 bits per heavy atom. The summed E-state index contributed by atoms with van der Waals surface area (Å²) < 4.78 is 11.0. The number of nitrogens with one attached hydrogen (secondary N) is 2. The van der Waals surface area contributed by atoms with E-state index >= 15 is 0 Å². The van der Waals surface area contributed by atoms with Crippen molar-refractivity contribution in [3.8, 4) is 11.5 Å². The third kappa shape index (κ3) is 4.19. The number of hydrogen-bond donors (Lipinski definition) is 2. The maximum atomic E-state index is 12.1. The first-order valence-electron chi connectivity index (χ1n) is 8.12. The van der Waals surface area contributed by atoms with Crippen LogP contribution in [0.25, 0.3) is 0 Å². The summed E-state index contributed by atoms with van der Waals surface area (Å²) in [6.07, 6.45) is 0.390. The first kappa shape index (κ1) is 16.2. The van der Waals surface area contributed by atoms with Gasteiger partial charge in [-0.25, -0.2) is 0 Å². The number of hydrogen-bond acceptors (Lipinski definition) is 4. The molecule has 0 saturated carbocycles. The molecule has 0 bridgehead atoms. The zero-order chi connectivity index (χ0) is 16.9. The van der Waals surface area contributed by atoms with E-state index in [1.807, 2.05) is 12.1 Å². The molecule has 0 unspecified atom stereocenters. The van der Waals surface area contributed by atoms with Gasteiger partial charge in [0, 0.05) is 30.4 Å². The van der Waals surface area contributed by atoms with E-state index in [0.717, 1.165) is 17.1 Å². The maximum absolute atomic E-state index is 12.1. The highest BCUT2D eigenvalue weighted by Crippen LogP contribution is 2.32. The molecule has 1 aliphatic heterocycles. The topological polar surface area (TPSA) is 59.6 Å². The van der Waals surface area contributed by atoms with Crippen LogP contribution in [0.15, 0.2) is 36.4 Å². The second kappa shape index (κ2) is 7.25. The van der Waals surface area contributed by atoms with Gasteiger partial charge in [0.1, 0.15) is 13.2 Å². The number of carbonyl (C=O) groups is 1. The fourth-order valence-electron chi connectivity index (χ4n) is 2.74. The molecule has 126 valence electrons. The van der Waals surface area contributed by atoms with Gasteiger partial charge in [-0.2, -0.15) is 0 Å². The molecule has 1 heterocycles. The average Bonchev–Trinajstić information content (AvgIpc) is 2.54. The zero-order valence-corrected chi connectivity index (χ0v) is 14.0. The number of aryl methyl sites for hydroxylation is 2. The van der Waals surface area contributed by atoms with Crippen LogP contribution in [0.1, 0.15) is 17.5 Å². The van der Waals surface area contributed by atoms with Crippen LogP contribution in [0.3, 0.4) is 0 Å². The molecule has 5 nitrogen and oxygen atoms in total. The van der Waals surface area contributed by atoms with Crippen molar-refractivity contribution in [3.05, 3.63) is 47.5 Å². The number of ether oxygens (including phenoxy) is 2. The molecule has 1 amide bonds. The molecule has 0 saturated heterocycles. The van der Waals surface area contributed by atoms with E-state index in [-0.39, 0.29) is 5.91 Å². The van der Waals surface area contributed by atoms with Gasteiger partial charge in [0.2, 0.25) is 5.91 Å². The lowest BCUT2D eigenvalue weighted by atomic mass is 10.1. The van der Waals surface area contributed by atoms with Crippen molar-refractivity contribution in [2.24, 2.45) is 0 Å². The Kier molecular flexibility index (Phi) is 4.89. The highest BCUT2D eigenvalue weighted by atomic mass is 16.6. The first-order chi connectivity index (χ1) is 11.6. The Balaban J connectivity index is 1.50. The predicted octanol–water partition coefficient (Wildman–Crippen LogP) is 3.52. The Morgan fingerprint density at radius 3 is 2.42 bits per heavy atom. The minimum Gasteiger partial charge on any atom is -0.486 e. The minimum atomic E-state index is -0.0384. The minimum absolute atomic E-state index is 0.0384. The number of rotatable bonds is 5. The van der Waals surface area contributed by atoms with E-state index in [9.17, 15) is 4.79 Å². The van der Waals surface area contributed by atoms with Gasteiger partial charge in [0.15, 0.2) is 11.5 Å². The lowest BCUT2D eigenvalue weighted by molar-refractivity contribution is -0.115. The lowest BCUT2D eigenvalue weighted by Gasteiger charge is -2.19. The molecule has 0 spiro atoms. The predicted molar refractivity (Wildman–Crippen MR) is 95.1 cm³/mol. The van der Waals surface area contributed by atoms with Crippen LogP contribution in [0, 0.1) is 13.8 Å². The van der Waals surface area contributed by atoms with Crippen LogP contribution in [0.4, 0.5) is 11.4 Å². The van der Waals surface area contributed by atoms with Gasteiger partial charge in [-0.3, -0.25) is 4.79 Å². The van der Waals surface area contributed by atoms with Gasteiger partial charge in [0.25, 0.3) is 0 Å². The summed E-state index contributed by atoms with van der Waals surface area (Å²) in [5, 5.41) is 6.17. The van der Waals surface area contributed by atoms with Crippen molar-refractivity contribution in [2.75, 3.05) is 30.4 Å². The molecule has 24 heavy (non-hydrogen) atoms. The van der Waals surface area contributed by atoms with Crippen molar-refractivity contribution in [1.82, 2.24) is 0 Å². The largest absolute Gasteiger partial charge is 0.486 e. The molecule has 3 rings (SSSR count). The molecule has 2 aromatic carbocycles. The number of fused-ring (bicyclic) bond motifs is 1. The molecular weight excluding hydrogens is 304 g/mol. The highest BCUT2D eigenvalue weighted by molar-refractivity contribution is 5.91. The molecule has 5 heteroatoms. The fourth-order valence-corrected chi connectivity index (χ4v) is 2.74. The van der Waals surface area contributed by atoms with Gasteiger partial charge in [-0.15, -0.1) is 0 Å². The van der Waals surface area contributed by atoms with Crippen molar-refractivity contribution in [1.29, 1.82) is 0 Å². The normalized spacial score (nSPS) is 12.6. The summed E-state index contributed by atoms with van der Waals surface area (Å²) in [6, 6.07) is 11.7. The Bertz CT molecular complexity index is 723. The molecule has 0 aromatic heterocycles. The number of anilines is 2. The highest BCUT2D eigenvalue weighted by Gasteiger charge is 2.12. The molecule has 2 N–H and O–H groups in total. The molecule has 0 fully saturated rings. The van der Waals surface area contributed by atoms with E-state index < -0.39 is 0 Å².